The molecule has 0 radical (unpaired) electrons. The van der Waals surface area contributed by atoms with Gasteiger partial charge in [0, 0.05) is 18.8 Å². The Kier molecular flexibility index (Phi) is 3.24. The van der Waals surface area contributed by atoms with Gasteiger partial charge in [-0.05, 0) is 50.3 Å². The molecule has 2 aromatic heterocycles. The second kappa shape index (κ2) is 4.93. The van der Waals surface area contributed by atoms with E-state index in [-0.39, 0.29) is 5.91 Å². The number of piperidine rings is 1. The summed E-state index contributed by atoms with van der Waals surface area (Å²) in [6, 6.07) is 4.34. The van der Waals surface area contributed by atoms with Crippen molar-refractivity contribution in [3.05, 3.63) is 35.7 Å². The van der Waals surface area contributed by atoms with Crippen LogP contribution in [0.15, 0.2) is 24.5 Å². The van der Waals surface area contributed by atoms with Crippen molar-refractivity contribution in [2.24, 2.45) is 5.92 Å². The fourth-order valence-corrected chi connectivity index (χ4v) is 3.11. The standard InChI is InChI=1S/C16H21N3O/c1-11-4-6-18(13(3)8-11)16(20)14-10-17-19-7-5-12(2)9-15(14)19/h5,7,9-11,13H,4,6,8H2,1-3H3/t11-,13-/m1/s1. The zero-order valence-electron chi connectivity index (χ0n) is 12.3. The maximum absolute atomic E-state index is 12.8. The Labute approximate surface area is 119 Å². The van der Waals surface area contributed by atoms with Crippen LogP contribution in [0.4, 0.5) is 0 Å². The minimum Gasteiger partial charge on any atom is -0.336 e. The number of amides is 1. The van der Waals surface area contributed by atoms with Crippen molar-refractivity contribution in [1.82, 2.24) is 14.5 Å². The number of nitrogens with zero attached hydrogens (tertiary/aromatic N) is 3. The monoisotopic (exact) mass is 271 g/mol. The molecule has 4 nitrogen and oxygen atoms in total. The molecule has 0 N–H and O–H groups in total. The van der Waals surface area contributed by atoms with Gasteiger partial charge < -0.3 is 4.90 Å². The predicted molar refractivity (Wildman–Crippen MR) is 78.8 cm³/mol. The number of pyridine rings is 1. The summed E-state index contributed by atoms with van der Waals surface area (Å²) in [7, 11) is 0. The molecule has 2 aromatic rings. The molecule has 0 saturated carbocycles. The highest BCUT2D eigenvalue weighted by Crippen LogP contribution is 2.25. The molecule has 3 heterocycles. The lowest BCUT2D eigenvalue weighted by molar-refractivity contribution is 0.0590. The third-order valence-corrected chi connectivity index (χ3v) is 4.31. The molecule has 0 unspecified atom stereocenters. The highest BCUT2D eigenvalue weighted by atomic mass is 16.2. The molecule has 4 heteroatoms. The number of aryl methyl sites for hydroxylation is 1. The van der Waals surface area contributed by atoms with Crippen LogP contribution in [0.5, 0.6) is 0 Å². The lowest BCUT2D eigenvalue weighted by atomic mass is 9.93. The van der Waals surface area contributed by atoms with E-state index in [4.69, 9.17) is 0 Å². The second-order valence-electron chi connectivity index (χ2n) is 6.07. The van der Waals surface area contributed by atoms with Gasteiger partial charge in [0.15, 0.2) is 0 Å². The van der Waals surface area contributed by atoms with Crippen molar-refractivity contribution in [2.45, 2.75) is 39.7 Å². The molecule has 0 aliphatic carbocycles. The van der Waals surface area contributed by atoms with Gasteiger partial charge in [-0.15, -0.1) is 0 Å². The molecule has 2 atom stereocenters. The maximum Gasteiger partial charge on any atom is 0.257 e. The van der Waals surface area contributed by atoms with Gasteiger partial charge in [0.1, 0.15) is 0 Å². The molecule has 0 spiro atoms. The minimum absolute atomic E-state index is 0.116. The van der Waals surface area contributed by atoms with E-state index in [1.165, 1.54) is 0 Å². The van der Waals surface area contributed by atoms with E-state index in [0.717, 1.165) is 36.0 Å². The predicted octanol–water partition coefficient (Wildman–Crippen LogP) is 2.90. The van der Waals surface area contributed by atoms with Gasteiger partial charge in [0.25, 0.3) is 5.91 Å². The normalized spacial score (nSPS) is 23.2. The van der Waals surface area contributed by atoms with Crippen LogP contribution >= 0.6 is 0 Å². The quantitative estimate of drug-likeness (QED) is 0.799. The smallest absolute Gasteiger partial charge is 0.257 e. The van der Waals surface area contributed by atoms with Crippen LogP contribution in [0.25, 0.3) is 5.52 Å². The summed E-state index contributed by atoms with van der Waals surface area (Å²) in [4.78, 5) is 14.8. The Morgan fingerprint density at radius 1 is 1.40 bits per heavy atom. The molecule has 1 saturated heterocycles. The van der Waals surface area contributed by atoms with Crippen molar-refractivity contribution < 1.29 is 4.79 Å². The lowest BCUT2D eigenvalue weighted by Gasteiger charge is -2.36. The fourth-order valence-electron chi connectivity index (χ4n) is 3.11. The summed E-state index contributed by atoms with van der Waals surface area (Å²) in [6.45, 7) is 7.29. The molecular weight excluding hydrogens is 250 g/mol. The first-order valence-electron chi connectivity index (χ1n) is 7.31. The van der Waals surface area contributed by atoms with Gasteiger partial charge in [-0.3, -0.25) is 4.79 Å². The van der Waals surface area contributed by atoms with Gasteiger partial charge in [-0.2, -0.15) is 5.10 Å². The number of hydrogen-bond donors (Lipinski definition) is 0. The molecule has 3 rings (SSSR count). The van der Waals surface area contributed by atoms with Crippen LogP contribution in [-0.2, 0) is 0 Å². The molecule has 20 heavy (non-hydrogen) atoms. The Morgan fingerprint density at radius 2 is 2.20 bits per heavy atom. The highest BCUT2D eigenvalue weighted by Gasteiger charge is 2.28. The molecule has 1 amide bonds. The summed E-state index contributed by atoms with van der Waals surface area (Å²) in [5.74, 6) is 0.824. The van der Waals surface area contributed by atoms with Crippen LogP contribution in [-0.4, -0.2) is 33.0 Å². The summed E-state index contributed by atoms with van der Waals surface area (Å²) in [6.07, 6.45) is 5.78. The Morgan fingerprint density at radius 3 is 2.95 bits per heavy atom. The third kappa shape index (κ3) is 2.19. The van der Waals surface area contributed by atoms with E-state index in [0.29, 0.717) is 12.0 Å². The summed E-state index contributed by atoms with van der Waals surface area (Å²) < 4.78 is 1.78. The molecular formula is C16H21N3O. The number of carbonyl (C=O) groups is 1. The molecule has 0 aromatic carbocycles. The topological polar surface area (TPSA) is 37.6 Å². The summed E-state index contributed by atoms with van der Waals surface area (Å²) in [5.41, 5.74) is 2.77. The fraction of sp³-hybridized carbons (Fsp3) is 0.500. The average molecular weight is 271 g/mol. The Balaban J connectivity index is 1.94. The first-order chi connectivity index (χ1) is 9.56. The van der Waals surface area contributed by atoms with Crippen molar-refractivity contribution in [2.75, 3.05) is 6.54 Å². The van der Waals surface area contributed by atoms with E-state index in [2.05, 4.69) is 18.9 Å². The second-order valence-corrected chi connectivity index (χ2v) is 6.07. The maximum atomic E-state index is 12.8. The van der Waals surface area contributed by atoms with E-state index in [1.807, 2.05) is 30.2 Å². The summed E-state index contributed by atoms with van der Waals surface area (Å²) >= 11 is 0. The Bertz CT molecular complexity index is 646. The van der Waals surface area contributed by atoms with Crippen molar-refractivity contribution >= 4 is 11.4 Å². The van der Waals surface area contributed by atoms with Crippen LogP contribution < -0.4 is 0 Å². The number of fused-ring (bicyclic) bond motifs is 1. The van der Waals surface area contributed by atoms with Crippen LogP contribution in [0, 0.1) is 12.8 Å². The first-order valence-corrected chi connectivity index (χ1v) is 7.31. The van der Waals surface area contributed by atoms with Gasteiger partial charge in [-0.1, -0.05) is 6.92 Å². The molecule has 106 valence electrons. The molecule has 1 fully saturated rings. The van der Waals surface area contributed by atoms with Gasteiger partial charge in [0.2, 0.25) is 0 Å². The van der Waals surface area contributed by atoms with E-state index in [9.17, 15) is 4.79 Å². The first kappa shape index (κ1) is 13.2. The number of aromatic nitrogens is 2. The summed E-state index contributed by atoms with van der Waals surface area (Å²) in [5, 5.41) is 4.28. The third-order valence-electron chi connectivity index (χ3n) is 4.31. The van der Waals surface area contributed by atoms with Crippen molar-refractivity contribution in [3.8, 4) is 0 Å². The van der Waals surface area contributed by atoms with Gasteiger partial charge in [-0.25, -0.2) is 4.52 Å². The largest absolute Gasteiger partial charge is 0.336 e. The van der Waals surface area contributed by atoms with Crippen LogP contribution in [0.2, 0.25) is 0 Å². The van der Waals surface area contributed by atoms with E-state index < -0.39 is 0 Å². The van der Waals surface area contributed by atoms with Crippen LogP contribution in [0.1, 0.15) is 42.6 Å². The lowest BCUT2D eigenvalue weighted by Crippen LogP contribution is -2.44. The van der Waals surface area contributed by atoms with Gasteiger partial charge >= 0.3 is 0 Å². The SMILES string of the molecule is Cc1ccn2ncc(C(=O)N3CC[C@@H](C)C[C@H]3C)c2c1. The zero-order chi connectivity index (χ0) is 14.3. The average Bonchev–Trinajstić information content (AvgIpc) is 2.81. The Hall–Kier alpha value is -1.84. The van der Waals surface area contributed by atoms with Gasteiger partial charge in [0.05, 0.1) is 17.3 Å². The molecule has 0 bridgehead atoms. The highest BCUT2D eigenvalue weighted by molar-refractivity contribution is 6.00. The zero-order valence-corrected chi connectivity index (χ0v) is 12.3. The van der Waals surface area contributed by atoms with Crippen molar-refractivity contribution in [1.29, 1.82) is 0 Å². The number of likely N-dealkylation sites (tertiary alicyclic amines) is 1. The van der Waals surface area contributed by atoms with E-state index in [1.54, 1.807) is 10.7 Å². The van der Waals surface area contributed by atoms with Crippen molar-refractivity contribution in [3.63, 3.8) is 0 Å². The molecule has 1 aliphatic rings. The minimum atomic E-state index is 0.116. The number of carbonyl (C=O) groups excluding carboxylic acids is 1. The number of hydrogen-bond acceptors (Lipinski definition) is 2. The van der Waals surface area contributed by atoms with Crippen LogP contribution in [0.3, 0.4) is 0 Å². The number of rotatable bonds is 1. The van der Waals surface area contributed by atoms with E-state index >= 15 is 0 Å². The molecule has 1 aliphatic heterocycles.